The van der Waals surface area contributed by atoms with Crippen LogP contribution in [-0.4, -0.2) is 29.7 Å². The van der Waals surface area contributed by atoms with Gasteiger partial charge in [0.1, 0.15) is 5.78 Å². The molecule has 0 fully saturated rings. The summed E-state index contributed by atoms with van der Waals surface area (Å²) in [6, 6.07) is 0. The number of hydrogen-bond acceptors (Lipinski definition) is 7. The van der Waals surface area contributed by atoms with Crippen LogP contribution in [0.4, 0.5) is 0 Å². The molecule has 0 radical (unpaired) electrons. The van der Waals surface area contributed by atoms with Crippen molar-refractivity contribution in [3.05, 3.63) is 0 Å². The van der Waals surface area contributed by atoms with Gasteiger partial charge in [-0.2, -0.15) is 0 Å². The third-order valence-corrected chi connectivity index (χ3v) is 1.73. The minimum Gasteiger partial charge on any atom is -0.393 e. The molecule has 7 heteroatoms. The van der Waals surface area contributed by atoms with E-state index in [1.54, 1.807) is 0 Å². The summed E-state index contributed by atoms with van der Waals surface area (Å²) in [5.41, 5.74) is 0. The molecule has 0 unspecified atom stereocenters. The van der Waals surface area contributed by atoms with Gasteiger partial charge in [-0.25, -0.2) is 0 Å². The minimum absolute atomic E-state index is 0.126. The van der Waals surface area contributed by atoms with E-state index in [0.29, 0.717) is 0 Å². The van der Waals surface area contributed by atoms with Gasteiger partial charge in [0.05, 0.1) is 12.8 Å². The molecule has 0 aromatic rings. The molecule has 0 saturated carbocycles. The Hall–Kier alpha value is -2.05. The molecule has 0 N–H and O–H groups in total. The lowest BCUT2D eigenvalue weighted by molar-refractivity contribution is -0.159. The quantitative estimate of drug-likeness (QED) is 0.498. The molecule has 18 heavy (non-hydrogen) atoms. The van der Waals surface area contributed by atoms with Crippen molar-refractivity contribution in [3.63, 3.8) is 0 Å². The van der Waals surface area contributed by atoms with E-state index in [2.05, 4.69) is 9.47 Å². The summed E-state index contributed by atoms with van der Waals surface area (Å²) in [7, 11) is 0. The van der Waals surface area contributed by atoms with Crippen LogP contribution in [-0.2, 0) is 33.4 Å². The van der Waals surface area contributed by atoms with E-state index in [1.165, 1.54) is 0 Å². The van der Waals surface area contributed by atoms with Gasteiger partial charge in [-0.3, -0.25) is 24.0 Å². The number of ether oxygens (including phenoxy) is 2. The normalized spacial score (nSPS) is 9.44. The van der Waals surface area contributed by atoms with Gasteiger partial charge >= 0.3 is 23.9 Å². The molecule has 0 spiro atoms. The summed E-state index contributed by atoms with van der Waals surface area (Å²) < 4.78 is 8.43. The summed E-state index contributed by atoms with van der Waals surface area (Å²) >= 11 is 0. The van der Waals surface area contributed by atoms with E-state index in [1.807, 2.05) is 0 Å². The highest BCUT2D eigenvalue weighted by Crippen LogP contribution is 2.02. The van der Waals surface area contributed by atoms with E-state index in [-0.39, 0.29) is 31.5 Å². The first-order valence-corrected chi connectivity index (χ1v) is 5.25. The second-order valence-electron chi connectivity index (χ2n) is 3.47. The molecule has 0 aromatic heterocycles. The fraction of sp³-hybridized carbons (Fsp3) is 0.545. The molecule has 0 aliphatic rings. The van der Waals surface area contributed by atoms with Crippen molar-refractivity contribution in [1.82, 2.24) is 0 Å². The summed E-state index contributed by atoms with van der Waals surface area (Å²) in [6.07, 6.45) is -0.695. The van der Waals surface area contributed by atoms with Crippen LogP contribution in [0.1, 0.15) is 39.5 Å². The van der Waals surface area contributed by atoms with Crippen molar-refractivity contribution in [2.75, 3.05) is 0 Å². The summed E-state index contributed by atoms with van der Waals surface area (Å²) in [4.78, 5) is 53.8. The molecule has 0 atom stereocenters. The smallest absolute Gasteiger partial charge is 0.313 e. The highest BCUT2D eigenvalue weighted by Gasteiger charge is 2.13. The predicted octanol–water partition coefficient (Wildman–Crippen LogP) is 0.295. The van der Waals surface area contributed by atoms with Crippen molar-refractivity contribution < 1.29 is 33.4 Å². The second-order valence-corrected chi connectivity index (χ2v) is 3.47. The van der Waals surface area contributed by atoms with Crippen LogP contribution in [0.5, 0.6) is 0 Å². The van der Waals surface area contributed by atoms with Crippen LogP contribution in [0.3, 0.4) is 0 Å². The molecular formula is C11H14O7. The summed E-state index contributed by atoms with van der Waals surface area (Å²) in [6.45, 7) is 2.16. The Bertz CT molecular complexity index is 336. The first-order valence-electron chi connectivity index (χ1n) is 5.25. The van der Waals surface area contributed by atoms with Crippen molar-refractivity contribution >= 4 is 29.7 Å². The minimum atomic E-state index is -0.790. The lowest BCUT2D eigenvalue weighted by Crippen LogP contribution is -2.13. The number of carbonyl (C=O) groups excluding carboxylic acids is 5. The maximum Gasteiger partial charge on any atom is 0.313 e. The van der Waals surface area contributed by atoms with Crippen molar-refractivity contribution in [3.8, 4) is 0 Å². The molecule has 0 rings (SSSR count). The highest BCUT2D eigenvalue weighted by atomic mass is 16.6. The molecule has 0 aromatic carbocycles. The Labute approximate surface area is 103 Å². The second kappa shape index (κ2) is 8.10. The average molecular weight is 258 g/mol. The van der Waals surface area contributed by atoms with E-state index in [0.717, 1.165) is 13.8 Å². The number of Topliss-reactive ketones (excluding diaryl/α,β-unsaturated/α-hetero) is 1. The third kappa shape index (κ3) is 9.20. The van der Waals surface area contributed by atoms with Crippen LogP contribution in [0, 0.1) is 0 Å². The van der Waals surface area contributed by atoms with Crippen LogP contribution in [0.2, 0.25) is 0 Å². The van der Waals surface area contributed by atoms with Gasteiger partial charge in [0, 0.05) is 26.7 Å². The van der Waals surface area contributed by atoms with E-state index >= 15 is 0 Å². The standard InChI is InChI=1S/C11H14O7/c1-7(12)17-10(15)5-3-9(14)4-6-11(16)18-8(2)13/h3-6H2,1-2H3. The zero-order valence-electron chi connectivity index (χ0n) is 10.2. The van der Waals surface area contributed by atoms with Crippen LogP contribution in [0.15, 0.2) is 0 Å². The zero-order chi connectivity index (χ0) is 14.1. The van der Waals surface area contributed by atoms with Gasteiger partial charge < -0.3 is 9.47 Å². The third-order valence-electron chi connectivity index (χ3n) is 1.73. The SMILES string of the molecule is CC(=O)OC(=O)CCC(=O)CCC(=O)OC(C)=O. The van der Waals surface area contributed by atoms with Crippen LogP contribution >= 0.6 is 0 Å². The van der Waals surface area contributed by atoms with Crippen LogP contribution < -0.4 is 0 Å². The van der Waals surface area contributed by atoms with Crippen molar-refractivity contribution in [2.45, 2.75) is 39.5 Å². The monoisotopic (exact) mass is 258 g/mol. The van der Waals surface area contributed by atoms with Crippen molar-refractivity contribution in [1.29, 1.82) is 0 Å². The van der Waals surface area contributed by atoms with Gasteiger partial charge in [-0.15, -0.1) is 0 Å². The molecule has 0 amide bonds. The predicted molar refractivity (Wildman–Crippen MR) is 57.0 cm³/mol. The number of hydrogen-bond donors (Lipinski definition) is 0. The molecule has 0 bridgehead atoms. The number of carbonyl (C=O) groups is 5. The number of rotatable bonds is 6. The molecule has 100 valence electrons. The molecular weight excluding hydrogens is 244 g/mol. The Balaban J connectivity index is 3.78. The van der Waals surface area contributed by atoms with Gasteiger partial charge in [0.15, 0.2) is 0 Å². The maximum absolute atomic E-state index is 11.2. The maximum atomic E-state index is 11.2. The lowest BCUT2D eigenvalue weighted by atomic mass is 10.1. The van der Waals surface area contributed by atoms with E-state index in [9.17, 15) is 24.0 Å². The van der Waals surface area contributed by atoms with E-state index < -0.39 is 23.9 Å². The summed E-state index contributed by atoms with van der Waals surface area (Å²) in [5, 5.41) is 0. The lowest BCUT2D eigenvalue weighted by Gasteiger charge is -2.01. The highest BCUT2D eigenvalue weighted by molar-refractivity contribution is 5.90. The van der Waals surface area contributed by atoms with Gasteiger partial charge in [0.2, 0.25) is 0 Å². The van der Waals surface area contributed by atoms with Gasteiger partial charge in [-0.1, -0.05) is 0 Å². The zero-order valence-corrected chi connectivity index (χ0v) is 10.2. The van der Waals surface area contributed by atoms with Gasteiger partial charge in [-0.05, 0) is 0 Å². The first-order chi connectivity index (χ1) is 8.31. The Kier molecular flexibility index (Phi) is 7.18. The van der Waals surface area contributed by atoms with E-state index in [4.69, 9.17) is 0 Å². The van der Waals surface area contributed by atoms with Crippen molar-refractivity contribution in [2.24, 2.45) is 0 Å². The fourth-order valence-electron chi connectivity index (χ4n) is 1.03. The molecule has 0 heterocycles. The first kappa shape index (κ1) is 16.0. The molecule has 0 saturated heterocycles. The van der Waals surface area contributed by atoms with Gasteiger partial charge in [0.25, 0.3) is 0 Å². The Morgan fingerprint density at radius 3 is 1.28 bits per heavy atom. The number of ketones is 1. The molecule has 0 aliphatic heterocycles. The molecule has 0 aliphatic carbocycles. The largest absolute Gasteiger partial charge is 0.393 e. The Morgan fingerprint density at radius 1 is 0.667 bits per heavy atom. The molecule has 7 nitrogen and oxygen atoms in total. The summed E-state index contributed by atoms with van der Waals surface area (Å²) in [5.74, 6) is -3.41. The topological polar surface area (TPSA) is 104 Å². The fourth-order valence-corrected chi connectivity index (χ4v) is 1.03. The van der Waals surface area contributed by atoms with Crippen LogP contribution in [0.25, 0.3) is 0 Å². The number of esters is 4. The Morgan fingerprint density at radius 2 is 1.00 bits per heavy atom. The average Bonchev–Trinajstić information content (AvgIpc) is 2.21.